The average molecular weight is 265 g/mol. The molecule has 0 aromatic carbocycles. The molecule has 2 rings (SSSR count). The second kappa shape index (κ2) is 2.50. The average Bonchev–Trinajstić information content (AvgIpc) is 2.42. The molecular weight excluding hydrogens is 259 g/mol. The van der Waals surface area contributed by atoms with Gasteiger partial charge in [-0.2, -0.15) is 0 Å². The van der Waals surface area contributed by atoms with Gasteiger partial charge in [0, 0.05) is 0 Å². The van der Waals surface area contributed by atoms with E-state index in [0.29, 0.717) is 0 Å². The SMILES string of the molecule is C[I-]c1cc2[nH]cnc2s1. The van der Waals surface area contributed by atoms with E-state index in [1.165, 1.54) is 8.40 Å². The van der Waals surface area contributed by atoms with Gasteiger partial charge >= 0.3 is 73.1 Å². The molecule has 0 unspecified atom stereocenters. The zero-order valence-electron chi connectivity index (χ0n) is 5.39. The molecule has 0 bridgehead atoms. The van der Waals surface area contributed by atoms with Crippen molar-refractivity contribution in [2.24, 2.45) is 0 Å². The van der Waals surface area contributed by atoms with E-state index in [1.807, 2.05) is 11.3 Å². The molecule has 0 atom stereocenters. The number of nitrogens with one attached hydrogen (secondary N) is 1. The molecule has 2 nitrogen and oxygen atoms in total. The Morgan fingerprint density at radius 1 is 1.70 bits per heavy atom. The van der Waals surface area contributed by atoms with Crippen LogP contribution in [0.5, 0.6) is 0 Å². The van der Waals surface area contributed by atoms with E-state index in [0.717, 1.165) is 4.83 Å². The van der Waals surface area contributed by atoms with Crippen LogP contribution in [0.3, 0.4) is 0 Å². The third-order valence-corrected chi connectivity index (χ3v) is 5.17. The predicted octanol–water partition coefficient (Wildman–Crippen LogP) is -1.49. The van der Waals surface area contributed by atoms with Gasteiger partial charge < -0.3 is 0 Å². The number of imidazole rings is 1. The normalized spacial score (nSPS) is 11.3. The number of hydrogen-bond acceptors (Lipinski definition) is 2. The summed E-state index contributed by atoms with van der Waals surface area (Å²) in [5.41, 5.74) is 1.20. The fourth-order valence-corrected chi connectivity index (χ4v) is 3.49. The molecular formula is C6H6IN2S-. The van der Waals surface area contributed by atoms with E-state index >= 15 is 0 Å². The first-order valence-corrected chi connectivity index (χ1v) is 6.88. The van der Waals surface area contributed by atoms with E-state index < -0.39 is 0 Å². The Morgan fingerprint density at radius 3 is 3.30 bits per heavy atom. The van der Waals surface area contributed by atoms with Crippen molar-refractivity contribution in [2.75, 3.05) is 4.93 Å². The summed E-state index contributed by atoms with van der Waals surface area (Å²) in [6.07, 6.45) is 1.75. The molecule has 0 radical (unpaired) electrons. The summed E-state index contributed by atoms with van der Waals surface area (Å²) in [5, 5.41) is 0. The van der Waals surface area contributed by atoms with Gasteiger partial charge in [0.05, 0.1) is 0 Å². The molecule has 4 heteroatoms. The van der Waals surface area contributed by atoms with Crippen molar-refractivity contribution in [3.8, 4) is 0 Å². The summed E-state index contributed by atoms with van der Waals surface area (Å²) in [6.45, 7) is 0. The molecule has 0 saturated heterocycles. The number of alkyl halides is 1. The number of rotatable bonds is 1. The number of H-pyrrole nitrogens is 1. The van der Waals surface area contributed by atoms with Gasteiger partial charge in [-0.3, -0.25) is 0 Å². The van der Waals surface area contributed by atoms with Gasteiger partial charge in [0.25, 0.3) is 0 Å². The molecule has 2 aromatic rings. The Hall–Kier alpha value is -0.100. The molecule has 0 fully saturated rings. The summed E-state index contributed by atoms with van der Waals surface area (Å²) in [7, 11) is 0. The topological polar surface area (TPSA) is 28.7 Å². The second-order valence-corrected chi connectivity index (χ2v) is 5.86. The molecule has 0 aliphatic heterocycles. The molecule has 0 saturated carbocycles. The van der Waals surface area contributed by atoms with Crippen LogP contribution in [0.4, 0.5) is 0 Å². The van der Waals surface area contributed by atoms with Crippen LogP contribution in [0.25, 0.3) is 10.3 Å². The van der Waals surface area contributed by atoms with Crippen molar-refractivity contribution >= 4 is 21.7 Å². The molecule has 0 spiro atoms. The van der Waals surface area contributed by atoms with Crippen molar-refractivity contribution in [1.82, 2.24) is 9.97 Å². The fourth-order valence-electron chi connectivity index (χ4n) is 0.805. The first-order valence-electron chi connectivity index (χ1n) is 2.82. The molecule has 0 aliphatic rings. The number of aromatic amines is 1. The van der Waals surface area contributed by atoms with Crippen molar-refractivity contribution in [3.63, 3.8) is 0 Å². The minimum absolute atomic E-state index is 0.246. The van der Waals surface area contributed by atoms with E-state index in [9.17, 15) is 0 Å². The van der Waals surface area contributed by atoms with Crippen LogP contribution in [0.1, 0.15) is 0 Å². The van der Waals surface area contributed by atoms with Gasteiger partial charge in [-0.05, 0) is 0 Å². The first-order chi connectivity index (χ1) is 4.90. The van der Waals surface area contributed by atoms with Crippen LogP contribution in [0, 0.1) is 2.88 Å². The monoisotopic (exact) mass is 265 g/mol. The van der Waals surface area contributed by atoms with Crippen LogP contribution in [0.15, 0.2) is 12.4 Å². The Kier molecular flexibility index (Phi) is 1.65. The van der Waals surface area contributed by atoms with Crippen LogP contribution in [-0.2, 0) is 0 Å². The van der Waals surface area contributed by atoms with E-state index in [1.54, 1.807) is 6.33 Å². The first kappa shape index (κ1) is 6.60. The van der Waals surface area contributed by atoms with Crippen LogP contribution >= 0.6 is 11.3 Å². The quantitative estimate of drug-likeness (QED) is 0.494. The molecule has 0 aliphatic carbocycles. The zero-order valence-corrected chi connectivity index (χ0v) is 8.36. The summed E-state index contributed by atoms with van der Waals surface area (Å²) in [6, 6.07) is 2.21. The number of hydrogen-bond donors (Lipinski definition) is 1. The molecule has 2 heterocycles. The summed E-state index contributed by atoms with van der Waals surface area (Å²) >= 11 is 2.06. The number of aromatic nitrogens is 2. The number of fused-ring (bicyclic) bond motifs is 1. The van der Waals surface area contributed by atoms with Gasteiger partial charge in [0.15, 0.2) is 0 Å². The van der Waals surface area contributed by atoms with Crippen molar-refractivity contribution in [1.29, 1.82) is 0 Å². The Bertz CT molecular complexity index is 309. The standard InChI is InChI=1S/C6H6IN2S/c1-7-5-2-4-6(10-5)9-3-8-4/h2-3H,1H3,(H,8,9)/q-1. The zero-order chi connectivity index (χ0) is 6.97. The van der Waals surface area contributed by atoms with Gasteiger partial charge in [0.2, 0.25) is 0 Å². The molecule has 1 N–H and O–H groups in total. The summed E-state index contributed by atoms with van der Waals surface area (Å²) in [5.74, 6) is 0. The third kappa shape index (κ3) is 0.950. The Balaban J connectivity index is 2.67. The maximum absolute atomic E-state index is 4.17. The van der Waals surface area contributed by atoms with Crippen LogP contribution < -0.4 is 21.2 Å². The van der Waals surface area contributed by atoms with Crippen molar-refractivity contribution < 1.29 is 21.2 Å². The van der Waals surface area contributed by atoms with Crippen molar-refractivity contribution in [2.45, 2.75) is 0 Å². The fraction of sp³-hybridized carbons (Fsp3) is 0.167. The van der Waals surface area contributed by atoms with Crippen LogP contribution in [-0.4, -0.2) is 14.9 Å². The van der Waals surface area contributed by atoms with Gasteiger partial charge in [-0.15, -0.1) is 0 Å². The van der Waals surface area contributed by atoms with Crippen LogP contribution in [0.2, 0.25) is 0 Å². The Labute approximate surface area is 72.9 Å². The van der Waals surface area contributed by atoms with E-state index in [2.05, 4.69) is 21.0 Å². The predicted molar refractivity (Wildman–Crippen MR) is 38.6 cm³/mol. The van der Waals surface area contributed by atoms with Crippen molar-refractivity contribution in [3.05, 3.63) is 15.3 Å². The summed E-state index contributed by atoms with van der Waals surface area (Å²) < 4.78 is 1.51. The van der Waals surface area contributed by atoms with Gasteiger partial charge in [0.1, 0.15) is 0 Å². The number of halogens is 1. The second-order valence-electron chi connectivity index (χ2n) is 1.86. The number of nitrogens with zero attached hydrogens (tertiary/aromatic N) is 1. The molecule has 54 valence electrons. The Morgan fingerprint density at radius 2 is 2.60 bits per heavy atom. The summed E-state index contributed by atoms with van der Waals surface area (Å²) in [4.78, 5) is 10.7. The van der Waals surface area contributed by atoms with Gasteiger partial charge in [-0.1, -0.05) is 0 Å². The number of thiophene rings is 1. The minimum atomic E-state index is 0.246. The molecule has 10 heavy (non-hydrogen) atoms. The van der Waals surface area contributed by atoms with E-state index in [-0.39, 0.29) is 21.2 Å². The molecule has 2 aromatic heterocycles. The van der Waals surface area contributed by atoms with E-state index in [4.69, 9.17) is 0 Å². The maximum atomic E-state index is 4.17. The third-order valence-electron chi connectivity index (χ3n) is 1.27. The van der Waals surface area contributed by atoms with Gasteiger partial charge in [-0.25, -0.2) is 0 Å². The molecule has 0 amide bonds.